The van der Waals surface area contributed by atoms with Gasteiger partial charge in [-0.2, -0.15) is 0 Å². The molecule has 8 nitrogen and oxygen atoms in total. The van der Waals surface area contributed by atoms with Crippen molar-refractivity contribution in [3.8, 4) is 0 Å². The topological polar surface area (TPSA) is 145 Å². The van der Waals surface area contributed by atoms with Crippen LogP contribution >= 0.6 is 0 Å². The number of aliphatic hydroxyl groups excluding tert-OH is 4. The van der Waals surface area contributed by atoms with Gasteiger partial charge in [-0.25, -0.2) is 4.79 Å². The van der Waals surface area contributed by atoms with Crippen molar-refractivity contribution in [3.63, 3.8) is 0 Å². The molecule has 8 heteroatoms. The minimum atomic E-state index is -1.78. The van der Waals surface area contributed by atoms with E-state index in [1.807, 2.05) is 0 Å². The lowest BCUT2D eigenvalue weighted by Crippen LogP contribution is -2.69. The molecule has 15 atom stereocenters. The van der Waals surface area contributed by atoms with Crippen LogP contribution in [-0.4, -0.2) is 73.9 Å². The molecule has 6 fully saturated rings. The Morgan fingerprint density at radius 2 is 1.55 bits per heavy atom. The normalized spacial score (nSPS) is 53.9. The summed E-state index contributed by atoms with van der Waals surface area (Å²) in [5.41, 5.74) is 0.306. The molecule has 6 aliphatic rings. The van der Waals surface area contributed by atoms with Crippen LogP contribution < -0.4 is 0 Å². The predicted octanol–water partition coefficient (Wildman–Crippen LogP) is 4.51. The minimum absolute atomic E-state index is 0.00717. The van der Waals surface area contributed by atoms with E-state index >= 15 is 0 Å². The molecule has 6 rings (SSSR count). The Morgan fingerprint density at radius 3 is 2.18 bits per heavy atom. The lowest BCUT2D eigenvalue weighted by Gasteiger charge is -2.72. The maximum absolute atomic E-state index is 13.1. The number of aliphatic carboxylic acids is 1. The predicted molar refractivity (Wildman–Crippen MR) is 164 cm³/mol. The zero-order valence-electron chi connectivity index (χ0n) is 27.6. The zero-order chi connectivity index (χ0) is 32.4. The van der Waals surface area contributed by atoms with E-state index in [4.69, 9.17) is 4.74 Å². The third-order valence-corrected chi connectivity index (χ3v) is 15.7. The first-order valence-corrected chi connectivity index (χ1v) is 17.2. The molecular formula is C36H56O8. The molecule has 248 valence electrons. The number of carboxylic acid groups (broad SMARTS) is 1. The number of carbonyl (C=O) groups excluding carboxylic acids is 1. The van der Waals surface area contributed by atoms with E-state index in [1.54, 1.807) is 0 Å². The zero-order valence-corrected chi connectivity index (χ0v) is 27.6. The van der Waals surface area contributed by atoms with Gasteiger partial charge in [0.1, 0.15) is 30.2 Å². The fourth-order valence-electron chi connectivity index (χ4n) is 13.2. The van der Waals surface area contributed by atoms with Crippen LogP contribution in [0.15, 0.2) is 12.2 Å². The van der Waals surface area contributed by atoms with Crippen molar-refractivity contribution in [1.29, 1.82) is 0 Å². The van der Waals surface area contributed by atoms with Crippen LogP contribution in [0.2, 0.25) is 0 Å². The molecule has 0 radical (unpaired) electrons. The van der Waals surface area contributed by atoms with Gasteiger partial charge in [0.25, 0.3) is 0 Å². The van der Waals surface area contributed by atoms with Gasteiger partial charge in [0.05, 0.1) is 6.10 Å². The number of fused-ring (bicyclic) bond motifs is 7. The van der Waals surface area contributed by atoms with Gasteiger partial charge >= 0.3 is 5.97 Å². The van der Waals surface area contributed by atoms with Gasteiger partial charge in [0, 0.05) is 17.3 Å². The average molecular weight is 617 g/mol. The van der Waals surface area contributed by atoms with E-state index in [1.165, 1.54) is 0 Å². The van der Waals surface area contributed by atoms with Crippen LogP contribution in [0, 0.1) is 56.7 Å². The van der Waals surface area contributed by atoms with Crippen LogP contribution in [0.4, 0.5) is 0 Å². The second kappa shape index (κ2) is 10.3. The fraction of sp³-hybridized carbons (Fsp3) is 0.889. The Hall–Kier alpha value is -1.32. The number of ketones is 1. The summed E-state index contributed by atoms with van der Waals surface area (Å²) in [6.45, 7) is 18.3. The van der Waals surface area contributed by atoms with E-state index in [-0.39, 0.29) is 33.5 Å². The van der Waals surface area contributed by atoms with Crippen molar-refractivity contribution in [2.24, 2.45) is 56.7 Å². The molecule has 0 aromatic rings. The number of allylic oxidation sites excluding steroid dienone is 1. The Labute approximate surface area is 262 Å². The Bertz CT molecular complexity index is 1210. The van der Waals surface area contributed by atoms with Crippen molar-refractivity contribution in [3.05, 3.63) is 12.2 Å². The number of carboxylic acids is 1. The SMILES string of the molecule is C=C(C)[C@@H]1CC[C@]2(C(O)[C@@H]3OC(C(=O)O)[C@@H](O)C(O)C3O)CC[C@]3(C)C(CCC4[C@@]5(C)CCC(=O)C(C)(C)C5CC[C@]43C)C12. The smallest absolute Gasteiger partial charge is 0.335 e. The molecule has 0 aromatic carbocycles. The summed E-state index contributed by atoms with van der Waals surface area (Å²) in [7, 11) is 0. The molecule has 5 aliphatic carbocycles. The molecule has 0 aromatic heterocycles. The lowest BCUT2D eigenvalue weighted by atomic mass is 9.32. The number of Topliss-reactive ketones (excluding diaryl/α,β-unsaturated/α-hetero) is 1. The van der Waals surface area contributed by atoms with E-state index in [0.717, 1.165) is 50.5 Å². The van der Waals surface area contributed by atoms with E-state index in [2.05, 4.69) is 48.1 Å². The van der Waals surface area contributed by atoms with Crippen molar-refractivity contribution < 1.29 is 39.9 Å². The van der Waals surface area contributed by atoms with Crippen molar-refractivity contribution in [2.45, 2.75) is 142 Å². The largest absolute Gasteiger partial charge is 0.479 e. The van der Waals surface area contributed by atoms with Crippen LogP contribution in [0.25, 0.3) is 0 Å². The summed E-state index contributed by atoms with van der Waals surface area (Å²) in [6.07, 6.45) is -0.366. The molecule has 1 aliphatic heterocycles. The number of rotatable bonds is 4. The first-order valence-electron chi connectivity index (χ1n) is 17.2. The van der Waals surface area contributed by atoms with Crippen LogP contribution in [0.1, 0.15) is 106 Å². The quantitative estimate of drug-likeness (QED) is 0.290. The number of hydrogen-bond donors (Lipinski definition) is 5. The summed E-state index contributed by atoms with van der Waals surface area (Å²) in [4.78, 5) is 25.0. The molecule has 5 N–H and O–H groups in total. The molecule has 44 heavy (non-hydrogen) atoms. The second-order valence-electron chi connectivity index (χ2n) is 17.3. The van der Waals surface area contributed by atoms with Gasteiger partial charge in [-0.15, -0.1) is 0 Å². The Balaban J connectivity index is 1.38. The maximum Gasteiger partial charge on any atom is 0.335 e. The molecule has 0 amide bonds. The van der Waals surface area contributed by atoms with Gasteiger partial charge < -0.3 is 30.3 Å². The molecule has 1 heterocycles. The number of hydrogen-bond acceptors (Lipinski definition) is 7. The first kappa shape index (κ1) is 32.6. The Morgan fingerprint density at radius 1 is 0.864 bits per heavy atom. The molecule has 1 saturated heterocycles. The number of aliphatic hydroxyl groups is 4. The molecular weight excluding hydrogens is 560 g/mol. The van der Waals surface area contributed by atoms with Gasteiger partial charge in [-0.3, -0.25) is 4.79 Å². The summed E-state index contributed by atoms with van der Waals surface area (Å²) < 4.78 is 5.76. The summed E-state index contributed by atoms with van der Waals surface area (Å²) in [5, 5.41) is 54.0. The fourth-order valence-corrected chi connectivity index (χ4v) is 13.2. The highest BCUT2D eigenvalue weighted by atomic mass is 16.6. The average Bonchev–Trinajstić information content (AvgIpc) is 3.35. The van der Waals surface area contributed by atoms with Gasteiger partial charge in [-0.1, -0.05) is 46.8 Å². The maximum atomic E-state index is 13.1. The van der Waals surface area contributed by atoms with Crippen LogP contribution in [0.5, 0.6) is 0 Å². The second-order valence-corrected chi connectivity index (χ2v) is 17.3. The highest BCUT2D eigenvalue weighted by Gasteiger charge is 2.72. The van der Waals surface area contributed by atoms with E-state index < -0.39 is 48.0 Å². The van der Waals surface area contributed by atoms with Crippen molar-refractivity contribution >= 4 is 11.8 Å². The summed E-state index contributed by atoms with van der Waals surface area (Å²) >= 11 is 0. The molecule has 0 bridgehead atoms. The van der Waals surface area contributed by atoms with Crippen molar-refractivity contribution in [2.75, 3.05) is 0 Å². The monoisotopic (exact) mass is 616 g/mol. The van der Waals surface area contributed by atoms with Gasteiger partial charge in [0.15, 0.2) is 6.10 Å². The standard InChI is InChI=1S/C36H56O8/c1-18(2)19-10-15-36(30(41)28-26(39)25(38)27(40)29(44-28)31(42)43)17-16-34(6)20(24(19)36)8-9-22-33(5)13-12-23(37)32(3,4)21(33)11-14-35(22,34)7/h19-22,24-30,38-41H,1,8-17H2,2-7H3,(H,42,43)/t19-,20?,21?,22?,24?,25?,26?,27-,28+,29?,30?,33-,34+,35+,36-/m0/s1. The first-order chi connectivity index (χ1) is 20.4. The van der Waals surface area contributed by atoms with E-state index in [9.17, 15) is 35.1 Å². The van der Waals surface area contributed by atoms with Gasteiger partial charge in [-0.05, 0) is 111 Å². The third kappa shape index (κ3) is 4.06. The number of ether oxygens (including phenoxy) is 1. The number of carbonyl (C=O) groups is 2. The minimum Gasteiger partial charge on any atom is -0.479 e. The van der Waals surface area contributed by atoms with Crippen LogP contribution in [-0.2, 0) is 14.3 Å². The van der Waals surface area contributed by atoms with Crippen molar-refractivity contribution in [1.82, 2.24) is 0 Å². The van der Waals surface area contributed by atoms with Gasteiger partial charge in [0.2, 0.25) is 0 Å². The highest BCUT2D eigenvalue weighted by Crippen LogP contribution is 2.77. The third-order valence-electron chi connectivity index (χ3n) is 15.7. The molecule has 5 saturated carbocycles. The molecule has 8 unspecified atom stereocenters. The van der Waals surface area contributed by atoms with Crippen LogP contribution in [0.3, 0.4) is 0 Å². The summed E-state index contributed by atoms with van der Waals surface area (Å²) in [5.74, 6) is 0.401. The highest BCUT2D eigenvalue weighted by molar-refractivity contribution is 5.85. The Kier molecular flexibility index (Phi) is 7.66. The molecule has 0 spiro atoms. The van der Waals surface area contributed by atoms with E-state index in [0.29, 0.717) is 42.8 Å². The lowest BCUT2D eigenvalue weighted by molar-refractivity contribution is -0.276. The summed E-state index contributed by atoms with van der Waals surface area (Å²) in [6, 6.07) is 0.